The van der Waals surface area contributed by atoms with E-state index in [9.17, 15) is 9.50 Å². The number of hydrogen-bond donors (Lipinski definition) is 1. The Kier molecular flexibility index (Phi) is 3.82. The molecule has 0 unspecified atom stereocenters. The van der Waals surface area contributed by atoms with Crippen LogP contribution in [0.1, 0.15) is 25.7 Å². The Morgan fingerprint density at radius 1 is 1.31 bits per heavy atom. The van der Waals surface area contributed by atoms with Crippen molar-refractivity contribution in [2.45, 2.75) is 37.9 Å². The van der Waals surface area contributed by atoms with Gasteiger partial charge in [-0.3, -0.25) is 0 Å². The molecule has 2 atom stereocenters. The fourth-order valence-corrected chi connectivity index (χ4v) is 2.39. The van der Waals surface area contributed by atoms with Crippen molar-refractivity contribution >= 4 is 15.9 Å². The molecule has 0 amide bonds. The van der Waals surface area contributed by atoms with Gasteiger partial charge in [0.2, 0.25) is 0 Å². The monoisotopic (exact) mass is 288 g/mol. The summed E-state index contributed by atoms with van der Waals surface area (Å²) in [5.74, 6) is 0.288. The summed E-state index contributed by atoms with van der Waals surface area (Å²) >= 11 is 3.25. The van der Waals surface area contributed by atoms with Crippen LogP contribution in [0.2, 0.25) is 0 Å². The summed E-state index contributed by atoms with van der Waals surface area (Å²) in [5, 5.41) is 9.76. The molecule has 2 nitrogen and oxygen atoms in total. The summed E-state index contributed by atoms with van der Waals surface area (Å²) in [4.78, 5) is 0. The molecule has 1 aromatic rings. The molecule has 1 aromatic carbocycles. The summed E-state index contributed by atoms with van der Waals surface area (Å²) < 4.78 is 19.1. The Balaban J connectivity index is 2.07. The topological polar surface area (TPSA) is 29.5 Å². The minimum atomic E-state index is -0.411. The van der Waals surface area contributed by atoms with Gasteiger partial charge in [-0.15, -0.1) is 0 Å². The molecule has 0 radical (unpaired) electrons. The predicted octanol–water partition coefficient (Wildman–Crippen LogP) is 3.27. The fourth-order valence-electron chi connectivity index (χ4n) is 1.95. The molecule has 4 heteroatoms. The van der Waals surface area contributed by atoms with Crippen LogP contribution in [0.15, 0.2) is 22.7 Å². The SMILES string of the molecule is O[C@H]1CCCC[C@@H]1Oc1ccc(F)cc1Br. The highest BCUT2D eigenvalue weighted by Gasteiger charge is 2.25. The maximum atomic E-state index is 12.9. The standard InChI is InChI=1S/C12H14BrFO2/c13-9-7-8(14)5-6-11(9)16-12-4-2-1-3-10(12)15/h5-7,10,12,15H,1-4H2/t10-,12-/m0/s1. The minimum absolute atomic E-state index is 0.171. The second-order valence-corrected chi connectivity index (χ2v) is 4.94. The Hall–Kier alpha value is -0.610. The van der Waals surface area contributed by atoms with Crippen LogP contribution in [-0.4, -0.2) is 17.3 Å². The van der Waals surface area contributed by atoms with Crippen molar-refractivity contribution in [2.24, 2.45) is 0 Å². The zero-order valence-electron chi connectivity index (χ0n) is 8.83. The first-order valence-corrected chi connectivity index (χ1v) is 6.26. The molecule has 0 saturated heterocycles. The van der Waals surface area contributed by atoms with Gasteiger partial charge in [0.25, 0.3) is 0 Å². The molecule has 88 valence electrons. The molecule has 1 saturated carbocycles. The van der Waals surface area contributed by atoms with E-state index in [1.807, 2.05) is 0 Å². The van der Waals surface area contributed by atoms with Crippen molar-refractivity contribution in [1.82, 2.24) is 0 Å². The minimum Gasteiger partial charge on any atom is -0.487 e. The molecule has 2 rings (SSSR count). The highest BCUT2D eigenvalue weighted by molar-refractivity contribution is 9.10. The Bertz CT molecular complexity index is 370. The van der Waals surface area contributed by atoms with Gasteiger partial charge in [-0.05, 0) is 53.4 Å². The van der Waals surface area contributed by atoms with Crippen molar-refractivity contribution < 1.29 is 14.2 Å². The Morgan fingerprint density at radius 3 is 2.75 bits per heavy atom. The molecule has 1 aliphatic carbocycles. The normalized spacial score (nSPS) is 25.4. The van der Waals surface area contributed by atoms with E-state index < -0.39 is 6.10 Å². The van der Waals surface area contributed by atoms with E-state index in [2.05, 4.69) is 15.9 Å². The van der Waals surface area contributed by atoms with E-state index in [1.54, 1.807) is 6.07 Å². The van der Waals surface area contributed by atoms with Gasteiger partial charge >= 0.3 is 0 Å². The molecule has 0 spiro atoms. The molecule has 0 heterocycles. The number of benzene rings is 1. The summed E-state index contributed by atoms with van der Waals surface area (Å²) in [7, 11) is 0. The summed E-state index contributed by atoms with van der Waals surface area (Å²) in [5.41, 5.74) is 0. The highest BCUT2D eigenvalue weighted by Crippen LogP contribution is 2.30. The average molecular weight is 289 g/mol. The van der Waals surface area contributed by atoms with Gasteiger partial charge in [0.15, 0.2) is 0 Å². The largest absolute Gasteiger partial charge is 0.487 e. The van der Waals surface area contributed by atoms with Gasteiger partial charge in [0.1, 0.15) is 17.7 Å². The zero-order valence-corrected chi connectivity index (χ0v) is 10.4. The first kappa shape index (κ1) is 11.9. The third kappa shape index (κ3) is 2.74. The molecule has 0 aliphatic heterocycles. The van der Waals surface area contributed by atoms with Gasteiger partial charge in [0, 0.05) is 0 Å². The molecule has 1 aliphatic rings. The zero-order chi connectivity index (χ0) is 11.5. The van der Waals surface area contributed by atoms with Crippen molar-refractivity contribution in [3.8, 4) is 5.75 Å². The lowest BCUT2D eigenvalue weighted by atomic mass is 9.95. The van der Waals surface area contributed by atoms with Crippen LogP contribution < -0.4 is 4.74 Å². The van der Waals surface area contributed by atoms with Crippen LogP contribution in [0, 0.1) is 5.82 Å². The van der Waals surface area contributed by atoms with Crippen molar-refractivity contribution in [3.63, 3.8) is 0 Å². The number of halogens is 2. The number of hydrogen-bond acceptors (Lipinski definition) is 2. The van der Waals surface area contributed by atoms with Crippen LogP contribution in [0.3, 0.4) is 0 Å². The summed E-state index contributed by atoms with van der Waals surface area (Å²) in [6.07, 6.45) is 3.17. The quantitative estimate of drug-likeness (QED) is 0.905. The first-order valence-electron chi connectivity index (χ1n) is 5.46. The summed E-state index contributed by atoms with van der Waals surface area (Å²) in [6, 6.07) is 4.31. The average Bonchev–Trinajstić information content (AvgIpc) is 2.25. The van der Waals surface area contributed by atoms with Crippen LogP contribution in [-0.2, 0) is 0 Å². The molecule has 1 N–H and O–H groups in total. The van der Waals surface area contributed by atoms with Gasteiger partial charge in [0.05, 0.1) is 10.6 Å². The second kappa shape index (κ2) is 5.15. The lowest BCUT2D eigenvalue weighted by Gasteiger charge is -2.28. The Morgan fingerprint density at radius 2 is 2.06 bits per heavy atom. The van der Waals surface area contributed by atoms with E-state index in [0.29, 0.717) is 10.2 Å². The predicted molar refractivity (Wildman–Crippen MR) is 63.0 cm³/mol. The van der Waals surface area contributed by atoms with Gasteiger partial charge in [-0.2, -0.15) is 0 Å². The third-order valence-corrected chi connectivity index (χ3v) is 3.46. The van der Waals surface area contributed by atoms with Gasteiger partial charge in [-0.25, -0.2) is 4.39 Å². The third-order valence-electron chi connectivity index (χ3n) is 2.84. The number of ether oxygens (including phenoxy) is 1. The molecule has 0 aromatic heterocycles. The smallest absolute Gasteiger partial charge is 0.134 e. The van der Waals surface area contributed by atoms with Gasteiger partial charge in [-0.1, -0.05) is 6.42 Å². The lowest BCUT2D eigenvalue weighted by molar-refractivity contribution is 0.00645. The van der Waals surface area contributed by atoms with Crippen LogP contribution in [0.4, 0.5) is 4.39 Å². The summed E-state index contributed by atoms with van der Waals surface area (Å²) in [6.45, 7) is 0. The first-order chi connectivity index (χ1) is 7.66. The molecule has 1 fully saturated rings. The van der Waals surface area contributed by atoms with E-state index >= 15 is 0 Å². The molecular formula is C12H14BrFO2. The molecule has 0 bridgehead atoms. The van der Waals surface area contributed by atoms with Crippen molar-refractivity contribution in [1.29, 1.82) is 0 Å². The van der Waals surface area contributed by atoms with Crippen molar-refractivity contribution in [3.05, 3.63) is 28.5 Å². The number of aliphatic hydroxyl groups is 1. The lowest BCUT2D eigenvalue weighted by Crippen LogP contribution is -2.34. The maximum absolute atomic E-state index is 12.9. The maximum Gasteiger partial charge on any atom is 0.134 e. The van der Waals surface area contributed by atoms with Crippen LogP contribution in [0.5, 0.6) is 5.75 Å². The van der Waals surface area contributed by atoms with E-state index in [1.165, 1.54) is 12.1 Å². The van der Waals surface area contributed by atoms with E-state index in [4.69, 9.17) is 4.74 Å². The second-order valence-electron chi connectivity index (χ2n) is 4.08. The number of aliphatic hydroxyl groups excluding tert-OH is 1. The van der Waals surface area contributed by atoms with Crippen LogP contribution >= 0.6 is 15.9 Å². The van der Waals surface area contributed by atoms with E-state index in [-0.39, 0.29) is 11.9 Å². The highest BCUT2D eigenvalue weighted by atomic mass is 79.9. The van der Waals surface area contributed by atoms with Crippen LogP contribution in [0.25, 0.3) is 0 Å². The molecule has 16 heavy (non-hydrogen) atoms. The fraction of sp³-hybridized carbons (Fsp3) is 0.500. The Labute approximate surface area is 103 Å². The van der Waals surface area contributed by atoms with Crippen molar-refractivity contribution in [2.75, 3.05) is 0 Å². The number of rotatable bonds is 2. The van der Waals surface area contributed by atoms with Gasteiger partial charge < -0.3 is 9.84 Å². The molecular weight excluding hydrogens is 275 g/mol. The van der Waals surface area contributed by atoms with E-state index in [0.717, 1.165) is 25.7 Å².